The predicted molar refractivity (Wildman–Crippen MR) is 82.1 cm³/mol. The number of ether oxygens (including phenoxy) is 1. The van der Waals surface area contributed by atoms with Crippen LogP contribution in [0.25, 0.3) is 0 Å². The van der Waals surface area contributed by atoms with Crippen molar-refractivity contribution in [3.8, 4) is 0 Å². The van der Waals surface area contributed by atoms with E-state index in [-0.39, 0.29) is 23.7 Å². The maximum absolute atomic E-state index is 13.3. The molecule has 0 spiro atoms. The van der Waals surface area contributed by atoms with Crippen LogP contribution in [-0.4, -0.2) is 38.8 Å². The van der Waals surface area contributed by atoms with Crippen molar-refractivity contribution < 1.29 is 13.9 Å². The molecular formula is C17H23FN2O2. The zero-order valence-electron chi connectivity index (χ0n) is 12.9. The molecule has 1 aromatic rings. The third kappa shape index (κ3) is 3.15. The van der Waals surface area contributed by atoms with Crippen LogP contribution < -0.4 is 10.6 Å². The Labute approximate surface area is 130 Å². The first-order valence-electron chi connectivity index (χ1n) is 7.91. The van der Waals surface area contributed by atoms with Gasteiger partial charge in [0.2, 0.25) is 5.91 Å². The summed E-state index contributed by atoms with van der Waals surface area (Å²) < 4.78 is 18.6. The maximum Gasteiger partial charge on any atom is 0.228 e. The van der Waals surface area contributed by atoms with Crippen molar-refractivity contribution in [3.05, 3.63) is 35.6 Å². The lowest BCUT2D eigenvalue weighted by molar-refractivity contribution is -0.136. The Morgan fingerprint density at radius 3 is 2.91 bits per heavy atom. The van der Waals surface area contributed by atoms with Gasteiger partial charge in [-0.1, -0.05) is 12.1 Å². The highest BCUT2D eigenvalue weighted by molar-refractivity contribution is 5.83. The molecule has 22 heavy (non-hydrogen) atoms. The van der Waals surface area contributed by atoms with E-state index in [0.717, 1.165) is 37.9 Å². The van der Waals surface area contributed by atoms with Gasteiger partial charge in [0.05, 0.1) is 12.0 Å². The number of piperidine rings is 1. The second-order valence-electron chi connectivity index (χ2n) is 6.44. The van der Waals surface area contributed by atoms with Crippen molar-refractivity contribution >= 4 is 5.91 Å². The summed E-state index contributed by atoms with van der Waals surface area (Å²) in [5.74, 6) is 0.101. The monoisotopic (exact) mass is 306 g/mol. The number of hydrogen-bond acceptors (Lipinski definition) is 3. The van der Waals surface area contributed by atoms with Crippen LogP contribution in [0.1, 0.15) is 30.7 Å². The first kappa shape index (κ1) is 15.4. The fraction of sp³-hybridized carbons (Fsp3) is 0.588. The van der Waals surface area contributed by atoms with E-state index < -0.39 is 5.41 Å². The van der Waals surface area contributed by atoms with E-state index in [4.69, 9.17) is 4.74 Å². The van der Waals surface area contributed by atoms with Gasteiger partial charge in [-0.2, -0.15) is 0 Å². The van der Waals surface area contributed by atoms with Crippen LogP contribution in [0.2, 0.25) is 0 Å². The number of methoxy groups -OCH3 is 1. The molecule has 1 saturated heterocycles. The molecule has 1 aliphatic heterocycles. The maximum atomic E-state index is 13.3. The zero-order valence-corrected chi connectivity index (χ0v) is 12.9. The number of carbonyl (C=O) groups is 1. The summed E-state index contributed by atoms with van der Waals surface area (Å²) in [7, 11) is 1.64. The fourth-order valence-corrected chi connectivity index (χ4v) is 3.40. The molecule has 5 heteroatoms. The Kier molecular flexibility index (Phi) is 4.45. The van der Waals surface area contributed by atoms with Gasteiger partial charge in [0.25, 0.3) is 0 Å². The van der Waals surface area contributed by atoms with Crippen molar-refractivity contribution in [2.45, 2.75) is 31.2 Å². The lowest BCUT2D eigenvalue weighted by atomic mass is 9.78. The van der Waals surface area contributed by atoms with Gasteiger partial charge in [0.15, 0.2) is 0 Å². The molecule has 1 amide bonds. The standard InChI is InChI=1S/C17H23FN2O2/c1-22-11-17(5-7-19-8-6-17)16(21)20-15-10-14(15)12-3-2-4-13(18)9-12/h2-4,9,14-15,19H,5-8,10-11H2,1H3,(H,20,21). The lowest BCUT2D eigenvalue weighted by Crippen LogP contribution is -2.50. The highest BCUT2D eigenvalue weighted by Crippen LogP contribution is 2.42. The molecule has 2 atom stereocenters. The van der Waals surface area contributed by atoms with Crippen LogP contribution in [0.3, 0.4) is 0 Å². The van der Waals surface area contributed by atoms with Gasteiger partial charge < -0.3 is 15.4 Å². The van der Waals surface area contributed by atoms with Crippen LogP contribution in [-0.2, 0) is 9.53 Å². The highest BCUT2D eigenvalue weighted by atomic mass is 19.1. The van der Waals surface area contributed by atoms with Gasteiger partial charge in [0.1, 0.15) is 5.82 Å². The zero-order chi connectivity index (χ0) is 15.6. The smallest absolute Gasteiger partial charge is 0.228 e. The van der Waals surface area contributed by atoms with E-state index in [1.165, 1.54) is 6.07 Å². The molecule has 4 nitrogen and oxygen atoms in total. The Morgan fingerprint density at radius 1 is 1.45 bits per heavy atom. The molecule has 1 aliphatic carbocycles. The Morgan fingerprint density at radius 2 is 2.23 bits per heavy atom. The molecule has 2 fully saturated rings. The highest BCUT2D eigenvalue weighted by Gasteiger charge is 2.45. The quantitative estimate of drug-likeness (QED) is 0.872. The molecule has 1 heterocycles. The summed E-state index contributed by atoms with van der Waals surface area (Å²) in [5, 5.41) is 6.43. The normalized spacial score (nSPS) is 26.5. The van der Waals surface area contributed by atoms with Crippen molar-refractivity contribution in [1.29, 1.82) is 0 Å². The number of nitrogens with one attached hydrogen (secondary N) is 2. The number of rotatable bonds is 5. The van der Waals surface area contributed by atoms with E-state index >= 15 is 0 Å². The SMILES string of the molecule is COCC1(C(=O)NC2CC2c2cccc(F)c2)CCNCC1. The molecule has 3 rings (SSSR count). The minimum Gasteiger partial charge on any atom is -0.384 e. The fourth-order valence-electron chi connectivity index (χ4n) is 3.40. The van der Waals surface area contributed by atoms with Gasteiger partial charge >= 0.3 is 0 Å². The molecule has 1 saturated carbocycles. The molecule has 120 valence electrons. The van der Waals surface area contributed by atoms with Crippen LogP contribution in [0.5, 0.6) is 0 Å². The Balaban J connectivity index is 1.62. The number of hydrogen-bond donors (Lipinski definition) is 2. The van der Waals surface area contributed by atoms with Crippen LogP contribution in [0, 0.1) is 11.2 Å². The van der Waals surface area contributed by atoms with E-state index in [9.17, 15) is 9.18 Å². The average Bonchev–Trinajstić information content (AvgIpc) is 3.28. The molecule has 2 unspecified atom stereocenters. The van der Waals surface area contributed by atoms with Crippen LogP contribution in [0.15, 0.2) is 24.3 Å². The minimum atomic E-state index is -0.422. The molecule has 0 bridgehead atoms. The average molecular weight is 306 g/mol. The Bertz CT molecular complexity index is 538. The third-order valence-electron chi connectivity index (χ3n) is 4.85. The summed E-state index contributed by atoms with van der Waals surface area (Å²) in [6.45, 7) is 2.14. The van der Waals surface area contributed by atoms with Crippen LogP contribution in [0.4, 0.5) is 4.39 Å². The molecule has 1 aromatic carbocycles. The summed E-state index contributed by atoms with van der Waals surface area (Å²) in [6.07, 6.45) is 2.48. The van der Waals surface area contributed by atoms with Crippen molar-refractivity contribution in [3.63, 3.8) is 0 Å². The summed E-state index contributed by atoms with van der Waals surface area (Å²) in [5.41, 5.74) is 0.547. The minimum absolute atomic E-state index is 0.0831. The topological polar surface area (TPSA) is 50.4 Å². The van der Waals surface area contributed by atoms with E-state index in [2.05, 4.69) is 10.6 Å². The molecule has 0 aromatic heterocycles. The number of carbonyl (C=O) groups excluding carboxylic acids is 1. The van der Waals surface area contributed by atoms with Gasteiger partial charge in [-0.05, 0) is 50.0 Å². The van der Waals surface area contributed by atoms with Crippen molar-refractivity contribution in [2.75, 3.05) is 26.8 Å². The van der Waals surface area contributed by atoms with Crippen molar-refractivity contribution in [2.24, 2.45) is 5.41 Å². The van der Waals surface area contributed by atoms with Gasteiger partial charge in [-0.3, -0.25) is 4.79 Å². The molecule has 0 radical (unpaired) electrons. The second kappa shape index (κ2) is 6.34. The summed E-state index contributed by atoms with van der Waals surface area (Å²) >= 11 is 0. The Hall–Kier alpha value is -1.46. The number of amides is 1. The van der Waals surface area contributed by atoms with E-state index in [1.54, 1.807) is 19.2 Å². The first-order valence-corrected chi connectivity index (χ1v) is 7.91. The van der Waals surface area contributed by atoms with E-state index in [1.807, 2.05) is 6.07 Å². The first-order chi connectivity index (χ1) is 10.6. The third-order valence-corrected chi connectivity index (χ3v) is 4.85. The largest absolute Gasteiger partial charge is 0.384 e. The van der Waals surface area contributed by atoms with Gasteiger partial charge in [-0.15, -0.1) is 0 Å². The van der Waals surface area contributed by atoms with Gasteiger partial charge in [0, 0.05) is 19.1 Å². The molecule has 2 aliphatic rings. The second-order valence-corrected chi connectivity index (χ2v) is 6.44. The number of halogens is 1. The molecule has 2 N–H and O–H groups in total. The van der Waals surface area contributed by atoms with E-state index in [0.29, 0.717) is 6.61 Å². The van der Waals surface area contributed by atoms with Gasteiger partial charge in [-0.25, -0.2) is 4.39 Å². The van der Waals surface area contributed by atoms with Crippen LogP contribution >= 0.6 is 0 Å². The molecular weight excluding hydrogens is 283 g/mol. The van der Waals surface area contributed by atoms with Crippen molar-refractivity contribution in [1.82, 2.24) is 10.6 Å². The summed E-state index contributed by atoms with van der Waals surface area (Å²) in [6, 6.07) is 6.78. The summed E-state index contributed by atoms with van der Waals surface area (Å²) in [4.78, 5) is 12.7. The number of benzene rings is 1. The predicted octanol–water partition coefficient (Wildman–Crippen LogP) is 1.81. The lowest BCUT2D eigenvalue weighted by Gasteiger charge is -2.35.